The van der Waals surface area contributed by atoms with Gasteiger partial charge >= 0.3 is 7.12 Å². The molecule has 0 amide bonds. The van der Waals surface area contributed by atoms with E-state index in [1.165, 1.54) is 6.07 Å². The summed E-state index contributed by atoms with van der Waals surface area (Å²) in [6, 6.07) is 4.02. The van der Waals surface area contributed by atoms with E-state index >= 15 is 0 Å². The zero-order valence-electron chi connectivity index (χ0n) is 12.1. The van der Waals surface area contributed by atoms with E-state index in [4.69, 9.17) is 4.74 Å². The Balaban J connectivity index is 1.97. The molecule has 20 heavy (non-hydrogen) atoms. The summed E-state index contributed by atoms with van der Waals surface area (Å²) in [7, 11) is -1.67. The normalized spacial score (nSPS) is 26.6. The van der Waals surface area contributed by atoms with Crippen molar-refractivity contribution < 1.29 is 19.2 Å². The van der Waals surface area contributed by atoms with Crippen LogP contribution in [0.25, 0.3) is 0 Å². The molecule has 0 aliphatic heterocycles. The summed E-state index contributed by atoms with van der Waals surface area (Å²) in [6.45, 7) is 4.79. The van der Waals surface area contributed by atoms with Crippen molar-refractivity contribution in [2.24, 2.45) is 11.8 Å². The average molecular weight is 280 g/mol. The first-order valence-corrected chi connectivity index (χ1v) is 7.23. The highest BCUT2D eigenvalue weighted by atomic mass is 19.1. The van der Waals surface area contributed by atoms with E-state index in [0.717, 1.165) is 31.2 Å². The number of benzene rings is 1. The molecule has 0 bridgehead atoms. The Morgan fingerprint density at radius 2 is 2.00 bits per heavy atom. The maximum Gasteiger partial charge on any atom is 0.488 e. The molecule has 1 aromatic rings. The van der Waals surface area contributed by atoms with Crippen LogP contribution in [0, 0.1) is 17.7 Å². The van der Waals surface area contributed by atoms with Gasteiger partial charge in [0.1, 0.15) is 5.82 Å². The van der Waals surface area contributed by atoms with Crippen molar-refractivity contribution in [1.82, 2.24) is 0 Å². The number of ether oxygens (including phenoxy) is 1. The van der Waals surface area contributed by atoms with Crippen LogP contribution in [0.5, 0.6) is 0 Å². The topological polar surface area (TPSA) is 49.7 Å². The van der Waals surface area contributed by atoms with Gasteiger partial charge in [0, 0.05) is 0 Å². The molecule has 0 saturated heterocycles. The molecular weight excluding hydrogens is 258 g/mol. The standard InChI is InChI=1S/C15H22BFO3/c1-10-3-6-14(7-11(10)2)20-9-12-4-5-13(17)8-15(12)16(18)19/h4-5,8,10-11,14,18-19H,3,6-7,9H2,1-2H3. The quantitative estimate of drug-likeness (QED) is 0.827. The summed E-state index contributed by atoms with van der Waals surface area (Å²) in [5, 5.41) is 18.6. The van der Waals surface area contributed by atoms with Gasteiger partial charge in [0.2, 0.25) is 0 Å². The fraction of sp³-hybridized carbons (Fsp3) is 0.600. The molecule has 1 aliphatic carbocycles. The largest absolute Gasteiger partial charge is 0.488 e. The molecule has 3 unspecified atom stereocenters. The number of halogens is 1. The van der Waals surface area contributed by atoms with Crippen molar-refractivity contribution in [3.63, 3.8) is 0 Å². The highest BCUT2D eigenvalue weighted by Gasteiger charge is 2.25. The van der Waals surface area contributed by atoms with Crippen molar-refractivity contribution in [3.8, 4) is 0 Å². The molecule has 0 spiro atoms. The third-order valence-corrected chi connectivity index (χ3v) is 4.41. The average Bonchev–Trinajstić information content (AvgIpc) is 2.41. The molecule has 2 N–H and O–H groups in total. The second-order valence-corrected chi connectivity index (χ2v) is 5.92. The van der Waals surface area contributed by atoms with E-state index in [2.05, 4.69) is 13.8 Å². The summed E-state index contributed by atoms with van der Waals surface area (Å²) < 4.78 is 19.0. The van der Waals surface area contributed by atoms with Crippen LogP contribution in [0.15, 0.2) is 18.2 Å². The Labute approximate surface area is 119 Å². The first-order valence-electron chi connectivity index (χ1n) is 7.23. The van der Waals surface area contributed by atoms with Gasteiger partial charge in [-0.1, -0.05) is 19.9 Å². The van der Waals surface area contributed by atoms with Crippen molar-refractivity contribution in [2.45, 2.75) is 45.8 Å². The Kier molecular flexibility index (Phi) is 5.19. The third kappa shape index (κ3) is 3.81. The molecule has 0 radical (unpaired) electrons. The molecule has 110 valence electrons. The van der Waals surface area contributed by atoms with Crippen molar-refractivity contribution in [2.75, 3.05) is 0 Å². The van der Waals surface area contributed by atoms with Crippen LogP contribution >= 0.6 is 0 Å². The molecule has 1 saturated carbocycles. The van der Waals surface area contributed by atoms with Gasteiger partial charge in [-0.05, 0) is 54.3 Å². The van der Waals surface area contributed by atoms with Gasteiger partial charge in [-0.3, -0.25) is 0 Å². The van der Waals surface area contributed by atoms with Crippen LogP contribution < -0.4 is 5.46 Å². The maximum absolute atomic E-state index is 13.1. The lowest BCUT2D eigenvalue weighted by molar-refractivity contribution is -0.00723. The molecule has 1 aromatic carbocycles. The molecule has 1 fully saturated rings. The molecule has 1 aliphatic rings. The van der Waals surface area contributed by atoms with Crippen molar-refractivity contribution in [1.29, 1.82) is 0 Å². The second-order valence-electron chi connectivity index (χ2n) is 5.92. The Hall–Kier alpha value is -0.905. The lowest BCUT2D eigenvalue weighted by Crippen LogP contribution is -2.34. The van der Waals surface area contributed by atoms with E-state index in [1.54, 1.807) is 6.07 Å². The fourth-order valence-corrected chi connectivity index (χ4v) is 2.79. The van der Waals surface area contributed by atoms with Gasteiger partial charge in [0.15, 0.2) is 0 Å². The van der Waals surface area contributed by atoms with Crippen molar-refractivity contribution in [3.05, 3.63) is 29.6 Å². The van der Waals surface area contributed by atoms with Crippen molar-refractivity contribution >= 4 is 12.6 Å². The SMILES string of the molecule is CC1CCC(OCc2ccc(F)cc2B(O)O)CC1C. The lowest BCUT2D eigenvalue weighted by Gasteiger charge is -2.32. The molecule has 2 rings (SSSR count). The number of hydrogen-bond acceptors (Lipinski definition) is 3. The summed E-state index contributed by atoms with van der Waals surface area (Å²) in [5.41, 5.74) is 0.815. The molecule has 0 aromatic heterocycles. The highest BCUT2D eigenvalue weighted by molar-refractivity contribution is 6.59. The molecule has 3 atom stereocenters. The molecule has 3 nitrogen and oxygen atoms in total. The minimum absolute atomic E-state index is 0.183. The van der Waals surface area contributed by atoms with Crippen LogP contribution in [0.1, 0.15) is 38.7 Å². The van der Waals surface area contributed by atoms with Crippen LogP contribution in [-0.2, 0) is 11.3 Å². The van der Waals surface area contributed by atoms with Crippen LogP contribution in [-0.4, -0.2) is 23.3 Å². The Morgan fingerprint density at radius 1 is 1.25 bits per heavy atom. The molecule has 0 heterocycles. The van der Waals surface area contributed by atoms with Gasteiger partial charge in [-0.2, -0.15) is 0 Å². The first kappa shape index (κ1) is 15.5. The summed E-state index contributed by atoms with van der Waals surface area (Å²) in [4.78, 5) is 0. The molecular formula is C15H22BFO3. The monoisotopic (exact) mass is 280 g/mol. The zero-order valence-corrected chi connectivity index (χ0v) is 12.1. The Bertz CT molecular complexity index is 453. The predicted molar refractivity (Wildman–Crippen MR) is 77.0 cm³/mol. The smallest absolute Gasteiger partial charge is 0.423 e. The summed E-state index contributed by atoms with van der Waals surface area (Å²) in [6.07, 6.45) is 3.42. The van der Waals surface area contributed by atoms with E-state index in [9.17, 15) is 14.4 Å². The first-order chi connectivity index (χ1) is 9.47. The Morgan fingerprint density at radius 3 is 2.65 bits per heavy atom. The van der Waals surface area contributed by atoms with E-state index in [0.29, 0.717) is 18.1 Å². The number of hydrogen-bond donors (Lipinski definition) is 2. The minimum Gasteiger partial charge on any atom is -0.423 e. The predicted octanol–water partition coefficient (Wildman–Crippen LogP) is 1.85. The maximum atomic E-state index is 13.1. The van der Waals surface area contributed by atoms with Gasteiger partial charge in [0.05, 0.1) is 12.7 Å². The van der Waals surface area contributed by atoms with Gasteiger partial charge in [-0.15, -0.1) is 0 Å². The van der Waals surface area contributed by atoms with E-state index in [-0.39, 0.29) is 11.6 Å². The third-order valence-electron chi connectivity index (χ3n) is 4.41. The number of rotatable bonds is 4. The zero-order chi connectivity index (χ0) is 14.7. The van der Waals surface area contributed by atoms with Crippen LogP contribution in [0.3, 0.4) is 0 Å². The second kappa shape index (κ2) is 6.70. The fourth-order valence-electron chi connectivity index (χ4n) is 2.79. The van der Waals surface area contributed by atoms with E-state index in [1.807, 2.05) is 0 Å². The molecule has 5 heteroatoms. The van der Waals surface area contributed by atoms with Crippen LogP contribution in [0.4, 0.5) is 4.39 Å². The summed E-state index contributed by atoms with van der Waals surface area (Å²) >= 11 is 0. The minimum atomic E-state index is -1.67. The highest BCUT2D eigenvalue weighted by Crippen LogP contribution is 2.31. The van der Waals surface area contributed by atoms with Gasteiger partial charge in [-0.25, -0.2) is 4.39 Å². The summed E-state index contributed by atoms with van der Waals surface area (Å²) in [5.74, 6) is 0.900. The van der Waals surface area contributed by atoms with Gasteiger partial charge < -0.3 is 14.8 Å². The van der Waals surface area contributed by atoms with Gasteiger partial charge in [0.25, 0.3) is 0 Å². The van der Waals surface area contributed by atoms with E-state index < -0.39 is 12.9 Å². The lowest BCUT2D eigenvalue weighted by atomic mass is 9.77. The van der Waals surface area contributed by atoms with Crippen LogP contribution in [0.2, 0.25) is 0 Å².